The van der Waals surface area contributed by atoms with Gasteiger partial charge in [-0.05, 0) is 26.3 Å². The molecule has 1 rings (SSSR count). The van der Waals surface area contributed by atoms with Gasteiger partial charge in [-0.15, -0.1) is 0 Å². The first-order valence-corrected chi connectivity index (χ1v) is 6.80. The maximum Gasteiger partial charge on any atom is 0.172 e. The zero-order valence-corrected chi connectivity index (χ0v) is 12.0. The van der Waals surface area contributed by atoms with Crippen molar-refractivity contribution < 1.29 is 5.21 Å². The average Bonchev–Trinajstić information content (AvgIpc) is 2.42. The van der Waals surface area contributed by atoms with Crippen LogP contribution in [0, 0.1) is 0 Å². The Labute approximate surface area is 115 Å². The molecule has 0 bridgehead atoms. The van der Waals surface area contributed by atoms with E-state index in [4.69, 9.17) is 10.9 Å². The Morgan fingerprint density at radius 3 is 2.79 bits per heavy atom. The highest BCUT2D eigenvalue weighted by Crippen LogP contribution is 2.22. The van der Waals surface area contributed by atoms with Crippen molar-refractivity contribution in [3.8, 4) is 0 Å². The first-order valence-electron chi connectivity index (χ1n) is 6.80. The molecule has 0 saturated heterocycles. The number of amidine groups is 1. The molecule has 0 unspecified atom stereocenters. The van der Waals surface area contributed by atoms with E-state index in [2.05, 4.69) is 35.8 Å². The van der Waals surface area contributed by atoms with Gasteiger partial charge in [0.2, 0.25) is 0 Å². The highest BCUT2D eigenvalue weighted by atomic mass is 16.4. The number of aromatic nitrogens is 1. The molecule has 1 heterocycles. The van der Waals surface area contributed by atoms with Crippen molar-refractivity contribution in [1.29, 1.82) is 0 Å². The molecule has 0 radical (unpaired) electrons. The van der Waals surface area contributed by atoms with Crippen LogP contribution in [0.2, 0.25) is 0 Å². The van der Waals surface area contributed by atoms with Crippen LogP contribution in [0.1, 0.15) is 45.6 Å². The molecule has 19 heavy (non-hydrogen) atoms. The Kier molecular flexibility index (Phi) is 6.12. The molecule has 0 saturated carbocycles. The summed E-state index contributed by atoms with van der Waals surface area (Å²) < 4.78 is 0. The van der Waals surface area contributed by atoms with Crippen LogP contribution in [0.3, 0.4) is 0 Å². The van der Waals surface area contributed by atoms with Crippen LogP contribution in [0.25, 0.3) is 0 Å². The molecule has 0 atom stereocenters. The summed E-state index contributed by atoms with van der Waals surface area (Å²) >= 11 is 0. The predicted molar refractivity (Wildman–Crippen MR) is 78.8 cm³/mol. The van der Waals surface area contributed by atoms with Crippen LogP contribution < -0.4 is 10.6 Å². The summed E-state index contributed by atoms with van der Waals surface area (Å²) in [4.78, 5) is 6.41. The van der Waals surface area contributed by atoms with Gasteiger partial charge in [-0.2, -0.15) is 0 Å². The number of anilines is 1. The van der Waals surface area contributed by atoms with Crippen LogP contribution in [-0.4, -0.2) is 28.6 Å². The summed E-state index contributed by atoms with van der Waals surface area (Å²) in [6.45, 7) is 7.40. The summed E-state index contributed by atoms with van der Waals surface area (Å²) in [5.41, 5.74) is 7.38. The average molecular weight is 264 g/mol. The largest absolute Gasteiger partial charge is 0.409 e. The van der Waals surface area contributed by atoms with Crippen molar-refractivity contribution in [2.45, 2.75) is 46.1 Å². The lowest BCUT2D eigenvalue weighted by Crippen LogP contribution is -2.34. The van der Waals surface area contributed by atoms with Crippen LogP contribution >= 0.6 is 0 Å². The first-order chi connectivity index (χ1) is 9.11. The van der Waals surface area contributed by atoms with E-state index in [0.717, 1.165) is 24.2 Å². The number of unbranched alkanes of at least 4 members (excludes halogenated alkanes) is 2. The number of hydrogen-bond acceptors (Lipinski definition) is 4. The van der Waals surface area contributed by atoms with Crippen molar-refractivity contribution in [1.82, 2.24) is 4.98 Å². The molecule has 0 aromatic carbocycles. The van der Waals surface area contributed by atoms with E-state index in [-0.39, 0.29) is 5.84 Å². The maximum atomic E-state index is 8.87. The Balaban J connectivity index is 3.02. The second kappa shape index (κ2) is 7.61. The summed E-state index contributed by atoms with van der Waals surface area (Å²) in [5.74, 6) is 0.124. The Bertz CT molecular complexity index is 418. The molecular formula is C14H24N4O. The molecule has 5 nitrogen and oxygen atoms in total. The van der Waals surface area contributed by atoms with Gasteiger partial charge in [0.05, 0.1) is 11.9 Å². The summed E-state index contributed by atoms with van der Waals surface area (Å²) in [5, 5.41) is 12.0. The van der Waals surface area contributed by atoms with Gasteiger partial charge in [0.1, 0.15) is 0 Å². The predicted octanol–water partition coefficient (Wildman–Crippen LogP) is 2.58. The van der Waals surface area contributed by atoms with Gasteiger partial charge in [-0.3, -0.25) is 4.98 Å². The normalized spacial score (nSPS) is 11.9. The highest BCUT2D eigenvalue weighted by molar-refractivity contribution is 6.02. The van der Waals surface area contributed by atoms with Crippen molar-refractivity contribution in [3.63, 3.8) is 0 Å². The van der Waals surface area contributed by atoms with Crippen molar-refractivity contribution in [2.24, 2.45) is 10.9 Å². The number of rotatable bonds is 7. The topological polar surface area (TPSA) is 74.7 Å². The number of pyridine rings is 1. The lowest BCUT2D eigenvalue weighted by molar-refractivity contribution is 0.318. The Hall–Kier alpha value is -1.78. The fraction of sp³-hybridized carbons (Fsp3) is 0.571. The van der Waals surface area contributed by atoms with E-state index in [1.54, 1.807) is 18.5 Å². The SMILES string of the molecule is CCCCCN(c1cnccc1/C(N)=N/O)C(C)C. The molecule has 0 amide bonds. The molecule has 0 spiro atoms. The number of nitrogens with two attached hydrogens (primary N) is 1. The molecule has 5 heteroatoms. The van der Waals surface area contributed by atoms with Gasteiger partial charge >= 0.3 is 0 Å². The third kappa shape index (κ3) is 4.12. The highest BCUT2D eigenvalue weighted by Gasteiger charge is 2.16. The number of hydrogen-bond donors (Lipinski definition) is 2. The molecular weight excluding hydrogens is 240 g/mol. The fourth-order valence-electron chi connectivity index (χ4n) is 2.07. The van der Waals surface area contributed by atoms with Crippen LogP contribution in [-0.2, 0) is 0 Å². The van der Waals surface area contributed by atoms with Crippen LogP contribution in [0.4, 0.5) is 5.69 Å². The fourth-order valence-corrected chi connectivity index (χ4v) is 2.07. The van der Waals surface area contributed by atoms with E-state index in [0.29, 0.717) is 6.04 Å². The third-order valence-electron chi connectivity index (χ3n) is 3.12. The van der Waals surface area contributed by atoms with Crippen molar-refractivity contribution in [2.75, 3.05) is 11.4 Å². The standard InChI is InChI=1S/C14H24N4O/c1-4-5-6-9-18(11(2)3)13-10-16-8-7-12(13)14(15)17-19/h7-8,10-11,19H,4-6,9H2,1-3H3,(H2,15,17). The van der Waals surface area contributed by atoms with E-state index in [9.17, 15) is 0 Å². The Morgan fingerprint density at radius 2 is 2.21 bits per heavy atom. The third-order valence-corrected chi connectivity index (χ3v) is 3.12. The lowest BCUT2D eigenvalue weighted by atomic mass is 10.1. The molecule has 1 aromatic heterocycles. The monoisotopic (exact) mass is 264 g/mol. The molecule has 106 valence electrons. The maximum absolute atomic E-state index is 8.87. The lowest BCUT2D eigenvalue weighted by Gasteiger charge is -2.30. The molecule has 0 aliphatic carbocycles. The Morgan fingerprint density at radius 1 is 1.47 bits per heavy atom. The van der Waals surface area contributed by atoms with Gasteiger partial charge in [-0.25, -0.2) is 0 Å². The smallest absolute Gasteiger partial charge is 0.172 e. The zero-order chi connectivity index (χ0) is 14.3. The van der Waals surface area contributed by atoms with Gasteiger partial charge < -0.3 is 15.8 Å². The molecule has 0 aliphatic heterocycles. The minimum Gasteiger partial charge on any atom is -0.409 e. The summed E-state index contributed by atoms with van der Waals surface area (Å²) in [7, 11) is 0. The van der Waals surface area contributed by atoms with Crippen molar-refractivity contribution in [3.05, 3.63) is 24.0 Å². The van der Waals surface area contributed by atoms with Gasteiger partial charge in [0, 0.05) is 24.3 Å². The van der Waals surface area contributed by atoms with E-state index in [1.807, 2.05) is 0 Å². The zero-order valence-electron chi connectivity index (χ0n) is 12.0. The molecule has 1 aromatic rings. The van der Waals surface area contributed by atoms with Crippen LogP contribution in [0.15, 0.2) is 23.6 Å². The van der Waals surface area contributed by atoms with Gasteiger partial charge in [0.25, 0.3) is 0 Å². The molecule has 3 N–H and O–H groups in total. The van der Waals surface area contributed by atoms with E-state index < -0.39 is 0 Å². The minimum absolute atomic E-state index is 0.124. The quantitative estimate of drug-likeness (QED) is 0.261. The second-order valence-corrected chi connectivity index (χ2v) is 4.87. The summed E-state index contributed by atoms with van der Waals surface area (Å²) in [6, 6.07) is 2.12. The minimum atomic E-state index is 0.124. The molecule has 0 fully saturated rings. The summed E-state index contributed by atoms with van der Waals surface area (Å²) in [6.07, 6.45) is 6.94. The van der Waals surface area contributed by atoms with E-state index >= 15 is 0 Å². The van der Waals surface area contributed by atoms with Crippen molar-refractivity contribution >= 4 is 11.5 Å². The second-order valence-electron chi connectivity index (χ2n) is 4.87. The van der Waals surface area contributed by atoms with Gasteiger partial charge in [-0.1, -0.05) is 24.9 Å². The van der Waals surface area contributed by atoms with Gasteiger partial charge in [0.15, 0.2) is 5.84 Å². The molecule has 0 aliphatic rings. The van der Waals surface area contributed by atoms with Crippen LogP contribution in [0.5, 0.6) is 0 Å². The first kappa shape index (κ1) is 15.3. The number of nitrogens with zero attached hydrogens (tertiary/aromatic N) is 3. The van der Waals surface area contributed by atoms with E-state index in [1.165, 1.54) is 12.8 Å². The number of oxime groups is 1.